The molecule has 0 N–H and O–H groups in total. The molecule has 3 nitrogen and oxygen atoms in total. The van der Waals surface area contributed by atoms with Crippen LogP contribution in [0, 0.1) is 0 Å². The van der Waals surface area contributed by atoms with Crippen LogP contribution < -0.4 is 0 Å². The average Bonchev–Trinajstić information content (AvgIpc) is 3.01. The minimum absolute atomic E-state index is 0.0419. The van der Waals surface area contributed by atoms with E-state index in [4.69, 9.17) is 11.6 Å². The summed E-state index contributed by atoms with van der Waals surface area (Å²) in [7, 11) is 0. The van der Waals surface area contributed by atoms with E-state index in [1.807, 2.05) is 0 Å². The normalized spacial score (nSPS) is 15.6. The SMILES string of the molecule is O=C(CCl)c1nc(C2CC2)ncc1Br. The lowest BCUT2D eigenvalue weighted by atomic mass is 10.3. The molecule has 2 rings (SSSR count). The summed E-state index contributed by atoms with van der Waals surface area (Å²) in [5, 5.41) is 0. The zero-order valence-electron chi connectivity index (χ0n) is 7.33. The zero-order chi connectivity index (χ0) is 10.1. The molecule has 5 heteroatoms. The summed E-state index contributed by atoms with van der Waals surface area (Å²) >= 11 is 8.71. The van der Waals surface area contributed by atoms with Crippen LogP contribution in [0.15, 0.2) is 10.7 Å². The van der Waals surface area contributed by atoms with Crippen LogP contribution in [0.5, 0.6) is 0 Å². The molecule has 0 aliphatic heterocycles. The van der Waals surface area contributed by atoms with E-state index < -0.39 is 0 Å². The lowest BCUT2D eigenvalue weighted by Crippen LogP contribution is -2.07. The quantitative estimate of drug-likeness (QED) is 0.629. The third-order valence-corrected chi connectivity index (χ3v) is 2.91. The van der Waals surface area contributed by atoms with Gasteiger partial charge in [-0.3, -0.25) is 4.79 Å². The second-order valence-corrected chi connectivity index (χ2v) is 4.38. The first-order valence-electron chi connectivity index (χ1n) is 4.34. The molecule has 0 radical (unpaired) electrons. The lowest BCUT2D eigenvalue weighted by molar-refractivity contribution is 0.101. The van der Waals surface area contributed by atoms with Crippen molar-refractivity contribution in [2.45, 2.75) is 18.8 Å². The Kier molecular flexibility index (Phi) is 2.83. The first-order chi connectivity index (χ1) is 6.72. The monoisotopic (exact) mass is 274 g/mol. The van der Waals surface area contributed by atoms with E-state index >= 15 is 0 Å². The van der Waals surface area contributed by atoms with Crippen molar-refractivity contribution in [3.63, 3.8) is 0 Å². The van der Waals surface area contributed by atoms with Crippen LogP contribution in [-0.2, 0) is 0 Å². The maximum absolute atomic E-state index is 11.4. The minimum atomic E-state index is -0.164. The number of halogens is 2. The summed E-state index contributed by atoms with van der Waals surface area (Å²) < 4.78 is 0.618. The van der Waals surface area contributed by atoms with Crippen LogP contribution in [0.2, 0.25) is 0 Å². The van der Waals surface area contributed by atoms with Crippen LogP contribution in [0.1, 0.15) is 35.1 Å². The second kappa shape index (κ2) is 3.95. The molecule has 1 aromatic rings. The molecule has 1 aliphatic rings. The van der Waals surface area contributed by atoms with Gasteiger partial charge in [-0.15, -0.1) is 11.6 Å². The summed E-state index contributed by atoms with van der Waals surface area (Å²) in [4.78, 5) is 19.8. The molecule has 0 atom stereocenters. The van der Waals surface area contributed by atoms with Gasteiger partial charge >= 0.3 is 0 Å². The Morgan fingerprint density at radius 2 is 2.36 bits per heavy atom. The molecule has 0 spiro atoms. The predicted molar refractivity (Wildman–Crippen MR) is 56.8 cm³/mol. The highest BCUT2D eigenvalue weighted by Crippen LogP contribution is 2.38. The third-order valence-electron chi connectivity index (χ3n) is 2.09. The summed E-state index contributed by atoms with van der Waals surface area (Å²) in [5.74, 6) is 1.01. The largest absolute Gasteiger partial charge is 0.291 e. The van der Waals surface area contributed by atoms with Crippen molar-refractivity contribution in [1.82, 2.24) is 9.97 Å². The third kappa shape index (κ3) is 1.96. The number of ketones is 1. The maximum Gasteiger partial charge on any atom is 0.197 e. The summed E-state index contributed by atoms with van der Waals surface area (Å²) in [6.45, 7) is 0. The Morgan fingerprint density at radius 3 is 2.93 bits per heavy atom. The van der Waals surface area contributed by atoms with Gasteiger partial charge in [0.25, 0.3) is 0 Å². The van der Waals surface area contributed by atoms with Crippen molar-refractivity contribution in [2.75, 3.05) is 5.88 Å². The van der Waals surface area contributed by atoms with E-state index in [-0.39, 0.29) is 11.7 Å². The van der Waals surface area contributed by atoms with Gasteiger partial charge in [-0.05, 0) is 28.8 Å². The fourth-order valence-electron chi connectivity index (χ4n) is 1.18. The predicted octanol–water partition coefficient (Wildman–Crippen LogP) is 2.54. The second-order valence-electron chi connectivity index (χ2n) is 3.26. The Morgan fingerprint density at radius 1 is 1.64 bits per heavy atom. The average molecular weight is 276 g/mol. The number of Topliss-reactive ketones (excluding diaryl/α,β-unsaturated/α-hetero) is 1. The van der Waals surface area contributed by atoms with Crippen molar-refractivity contribution >= 4 is 33.3 Å². The van der Waals surface area contributed by atoms with Crippen LogP contribution in [0.3, 0.4) is 0 Å². The minimum Gasteiger partial charge on any atom is -0.291 e. The fraction of sp³-hybridized carbons (Fsp3) is 0.444. The van der Waals surface area contributed by atoms with Gasteiger partial charge in [0.1, 0.15) is 11.5 Å². The van der Waals surface area contributed by atoms with Crippen molar-refractivity contribution < 1.29 is 4.79 Å². The maximum atomic E-state index is 11.4. The molecule has 0 bridgehead atoms. The van der Waals surface area contributed by atoms with Gasteiger partial charge in [0, 0.05) is 12.1 Å². The molecule has 1 fully saturated rings. The van der Waals surface area contributed by atoms with E-state index in [2.05, 4.69) is 25.9 Å². The lowest BCUT2D eigenvalue weighted by Gasteiger charge is -2.02. The number of aromatic nitrogens is 2. The first-order valence-corrected chi connectivity index (χ1v) is 5.66. The Labute approximate surface area is 95.0 Å². The number of carbonyl (C=O) groups is 1. The van der Waals surface area contributed by atoms with Crippen molar-refractivity contribution in [1.29, 1.82) is 0 Å². The molecule has 1 aromatic heterocycles. The van der Waals surface area contributed by atoms with Crippen molar-refractivity contribution in [3.8, 4) is 0 Å². The van der Waals surface area contributed by atoms with E-state index in [1.54, 1.807) is 6.20 Å². The number of alkyl halides is 1. The molecule has 0 unspecified atom stereocenters. The molecular weight excluding hydrogens is 267 g/mol. The van der Waals surface area contributed by atoms with Crippen LogP contribution in [0.4, 0.5) is 0 Å². The van der Waals surface area contributed by atoms with Gasteiger partial charge in [0.15, 0.2) is 5.78 Å². The number of hydrogen-bond donors (Lipinski definition) is 0. The molecule has 74 valence electrons. The highest BCUT2D eigenvalue weighted by Gasteiger charge is 2.27. The summed E-state index contributed by atoms with van der Waals surface area (Å²) in [6, 6.07) is 0. The van der Waals surface area contributed by atoms with Gasteiger partial charge in [0.05, 0.1) is 10.4 Å². The molecule has 14 heavy (non-hydrogen) atoms. The van der Waals surface area contributed by atoms with E-state index in [0.29, 0.717) is 16.1 Å². The van der Waals surface area contributed by atoms with Crippen LogP contribution >= 0.6 is 27.5 Å². The standard InChI is InChI=1S/C9H8BrClN2O/c10-6-4-12-9(5-1-2-5)13-8(6)7(14)3-11/h4-5H,1-3H2. The summed E-state index contributed by atoms with van der Waals surface area (Å²) in [6.07, 6.45) is 3.87. The van der Waals surface area contributed by atoms with Gasteiger partial charge in [-0.1, -0.05) is 0 Å². The number of rotatable bonds is 3. The van der Waals surface area contributed by atoms with E-state index in [1.165, 1.54) is 0 Å². The van der Waals surface area contributed by atoms with E-state index in [9.17, 15) is 4.79 Å². The van der Waals surface area contributed by atoms with Crippen LogP contribution in [-0.4, -0.2) is 21.6 Å². The van der Waals surface area contributed by atoms with Gasteiger partial charge < -0.3 is 0 Å². The highest BCUT2D eigenvalue weighted by atomic mass is 79.9. The highest BCUT2D eigenvalue weighted by molar-refractivity contribution is 9.10. The smallest absolute Gasteiger partial charge is 0.197 e. The zero-order valence-corrected chi connectivity index (χ0v) is 9.68. The Balaban J connectivity index is 2.36. The topological polar surface area (TPSA) is 42.9 Å². The van der Waals surface area contributed by atoms with Gasteiger partial charge in [-0.25, -0.2) is 9.97 Å². The number of nitrogens with zero attached hydrogens (tertiary/aromatic N) is 2. The van der Waals surface area contributed by atoms with Gasteiger partial charge in [-0.2, -0.15) is 0 Å². The molecule has 0 aromatic carbocycles. The van der Waals surface area contributed by atoms with Crippen molar-refractivity contribution in [2.24, 2.45) is 0 Å². The molecular formula is C9H8BrClN2O. The van der Waals surface area contributed by atoms with E-state index in [0.717, 1.165) is 18.7 Å². The molecule has 1 saturated carbocycles. The number of hydrogen-bond acceptors (Lipinski definition) is 3. The van der Waals surface area contributed by atoms with Crippen LogP contribution in [0.25, 0.3) is 0 Å². The first kappa shape index (κ1) is 10.1. The van der Waals surface area contributed by atoms with Gasteiger partial charge in [0.2, 0.25) is 0 Å². The molecule has 0 saturated heterocycles. The van der Waals surface area contributed by atoms with Crippen molar-refractivity contribution in [3.05, 3.63) is 22.2 Å². The fourth-order valence-corrected chi connectivity index (χ4v) is 1.72. The Hall–Kier alpha value is -0.480. The summed E-state index contributed by atoms with van der Waals surface area (Å²) in [5.41, 5.74) is 0.400. The Bertz CT molecular complexity index is 379. The molecule has 1 heterocycles. The number of carbonyl (C=O) groups excluding carboxylic acids is 1. The molecule has 0 amide bonds. The molecule has 1 aliphatic carbocycles.